The molecule has 2 aromatic heterocycles. The number of anilines is 1. The van der Waals surface area contributed by atoms with Gasteiger partial charge in [0.15, 0.2) is 5.75 Å². The molecule has 0 saturated carbocycles. The fourth-order valence-corrected chi connectivity index (χ4v) is 1.70. The number of methoxy groups -OCH3 is 1. The van der Waals surface area contributed by atoms with Crippen molar-refractivity contribution in [2.45, 2.75) is 19.5 Å². The van der Waals surface area contributed by atoms with Crippen LogP contribution in [0.25, 0.3) is 0 Å². The number of rotatable bonds is 5. The van der Waals surface area contributed by atoms with E-state index in [2.05, 4.69) is 5.10 Å². The summed E-state index contributed by atoms with van der Waals surface area (Å²) in [5.74, 6) is 0.733. The van der Waals surface area contributed by atoms with Crippen molar-refractivity contribution in [2.24, 2.45) is 0 Å². The van der Waals surface area contributed by atoms with Gasteiger partial charge in [-0.2, -0.15) is 5.10 Å². The summed E-state index contributed by atoms with van der Waals surface area (Å²) in [7, 11) is 1.60. The Labute approximate surface area is 105 Å². The lowest BCUT2D eigenvalue weighted by Crippen LogP contribution is -2.19. The Morgan fingerprint density at radius 2 is 2.17 bits per heavy atom. The first-order chi connectivity index (χ1) is 8.69. The zero-order valence-electron chi connectivity index (χ0n) is 10.2. The standard InChI is InChI=1S/C12H16N4O2/c1-18-11-7-14-16(9-11)6-2-5-15-8-10(13)3-4-12(15)17/h3-4,7-9H,2,5-6,13H2,1H3. The van der Waals surface area contributed by atoms with Crippen molar-refractivity contribution in [2.75, 3.05) is 12.8 Å². The highest BCUT2D eigenvalue weighted by Gasteiger charge is 1.99. The van der Waals surface area contributed by atoms with E-state index >= 15 is 0 Å². The summed E-state index contributed by atoms with van der Waals surface area (Å²) in [4.78, 5) is 11.5. The Morgan fingerprint density at radius 1 is 1.33 bits per heavy atom. The highest BCUT2D eigenvalue weighted by molar-refractivity contribution is 5.33. The number of nitrogens with two attached hydrogens (primary N) is 1. The van der Waals surface area contributed by atoms with Crippen LogP contribution in [0, 0.1) is 0 Å². The molecule has 6 nitrogen and oxygen atoms in total. The number of nitrogens with zero attached hydrogens (tertiary/aromatic N) is 3. The van der Waals surface area contributed by atoms with Crippen LogP contribution >= 0.6 is 0 Å². The molecule has 0 aromatic carbocycles. The van der Waals surface area contributed by atoms with Gasteiger partial charge in [0.05, 0.1) is 19.5 Å². The highest BCUT2D eigenvalue weighted by atomic mass is 16.5. The van der Waals surface area contributed by atoms with Gasteiger partial charge in [-0.25, -0.2) is 0 Å². The van der Waals surface area contributed by atoms with E-state index in [-0.39, 0.29) is 5.56 Å². The van der Waals surface area contributed by atoms with E-state index in [1.807, 2.05) is 6.20 Å². The summed E-state index contributed by atoms with van der Waals surface area (Å²) in [6.07, 6.45) is 5.94. The largest absolute Gasteiger partial charge is 0.493 e. The molecule has 0 spiro atoms. The fourth-order valence-electron chi connectivity index (χ4n) is 1.70. The van der Waals surface area contributed by atoms with E-state index in [9.17, 15) is 4.79 Å². The van der Waals surface area contributed by atoms with Crippen molar-refractivity contribution in [1.82, 2.24) is 14.3 Å². The smallest absolute Gasteiger partial charge is 0.250 e. The average Bonchev–Trinajstić information content (AvgIpc) is 2.81. The molecule has 0 aliphatic rings. The first-order valence-electron chi connectivity index (χ1n) is 5.71. The third kappa shape index (κ3) is 2.91. The molecule has 0 unspecified atom stereocenters. The molecule has 0 amide bonds. The second-order valence-corrected chi connectivity index (χ2v) is 3.99. The van der Waals surface area contributed by atoms with Gasteiger partial charge in [-0.3, -0.25) is 9.48 Å². The van der Waals surface area contributed by atoms with Crippen LogP contribution in [0.5, 0.6) is 5.75 Å². The van der Waals surface area contributed by atoms with Gasteiger partial charge >= 0.3 is 0 Å². The van der Waals surface area contributed by atoms with Crippen molar-refractivity contribution < 1.29 is 4.74 Å². The van der Waals surface area contributed by atoms with Gasteiger partial charge in [0, 0.05) is 31.0 Å². The number of nitrogen functional groups attached to an aromatic ring is 1. The van der Waals surface area contributed by atoms with Crippen molar-refractivity contribution in [3.63, 3.8) is 0 Å². The Hall–Kier alpha value is -2.24. The molecule has 96 valence electrons. The molecule has 6 heteroatoms. The molecule has 2 rings (SSSR count). The van der Waals surface area contributed by atoms with Crippen molar-refractivity contribution in [3.05, 3.63) is 41.1 Å². The van der Waals surface area contributed by atoms with Crippen LogP contribution in [0.4, 0.5) is 5.69 Å². The van der Waals surface area contributed by atoms with Crippen LogP contribution < -0.4 is 16.0 Å². The Morgan fingerprint density at radius 3 is 2.89 bits per heavy atom. The Bertz CT molecular complexity index is 573. The lowest BCUT2D eigenvalue weighted by Gasteiger charge is -2.06. The predicted molar refractivity (Wildman–Crippen MR) is 68.5 cm³/mol. The van der Waals surface area contributed by atoms with Gasteiger partial charge in [0.1, 0.15) is 0 Å². The monoisotopic (exact) mass is 248 g/mol. The number of aryl methyl sites for hydroxylation is 2. The van der Waals surface area contributed by atoms with Gasteiger partial charge in [-0.05, 0) is 12.5 Å². The van der Waals surface area contributed by atoms with Crippen LogP contribution in [0.2, 0.25) is 0 Å². The number of ether oxygens (including phenoxy) is 1. The molecule has 2 N–H and O–H groups in total. The van der Waals surface area contributed by atoms with Crippen LogP contribution in [-0.4, -0.2) is 21.5 Å². The molecule has 0 bridgehead atoms. The van der Waals surface area contributed by atoms with E-state index in [4.69, 9.17) is 10.5 Å². The molecule has 2 aromatic rings. The molecule has 0 aliphatic carbocycles. The molecule has 2 heterocycles. The topological polar surface area (TPSA) is 75.1 Å². The maximum absolute atomic E-state index is 11.5. The van der Waals surface area contributed by atoms with E-state index < -0.39 is 0 Å². The van der Waals surface area contributed by atoms with Crippen LogP contribution in [0.15, 0.2) is 35.5 Å². The molecule has 0 atom stereocenters. The van der Waals surface area contributed by atoms with E-state index in [0.29, 0.717) is 12.2 Å². The maximum Gasteiger partial charge on any atom is 0.250 e. The molecular weight excluding hydrogens is 232 g/mol. The van der Waals surface area contributed by atoms with Gasteiger partial charge in [-0.1, -0.05) is 0 Å². The van der Waals surface area contributed by atoms with E-state index in [0.717, 1.165) is 18.7 Å². The zero-order valence-corrected chi connectivity index (χ0v) is 10.2. The first kappa shape index (κ1) is 12.2. The lowest BCUT2D eigenvalue weighted by atomic mass is 10.3. The minimum absolute atomic E-state index is 0.0396. The average molecular weight is 248 g/mol. The number of hydrogen-bond donors (Lipinski definition) is 1. The number of pyridine rings is 1. The normalized spacial score (nSPS) is 10.5. The van der Waals surface area contributed by atoms with Crippen LogP contribution in [0.1, 0.15) is 6.42 Å². The van der Waals surface area contributed by atoms with E-state index in [1.165, 1.54) is 6.07 Å². The van der Waals surface area contributed by atoms with Crippen LogP contribution in [0.3, 0.4) is 0 Å². The molecule has 0 radical (unpaired) electrons. The highest BCUT2D eigenvalue weighted by Crippen LogP contribution is 2.07. The van der Waals surface area contributed by atoms with Crippen molar-refractivity contribution in [1.29, 1.82) is 0 Å². The summed E-state index contributed by atoms with van der Waals surface area (Å²) in [5, 5.41) is 4.14. The minimum atomic E-state index is -0.0396. The summed E-state index contributed by atoms with van der Waals surface area (Å²) in [5.41, 5.74) is 6.19. The number of hydrogen-bond acceptors (Lipinski definition) is 4. The number of aromatic nitrogens is 3. The second-order valence-electron chi connectivity index (χ2n) is 3.99. The SMILES string of the molecule is COc1cnn(CCCn2cc(N)ccc2=O)c1. The molecule has 0 saturated heterocycles. The zero-order chi connectivity index (χ0) is 13.0. The predicted octanol–water partition coefficient (Wildman–Crippen LogP) is 0.726. The molecular formula is C12H16N4O2. The lowest BCUT2D eigenvalue weighted by molar-refractivity contribution is 0.413. The summed E-state index contributed by atoms with van der Waals surface area (Å²) in [6.45, 7) is 1.34. The molecule has 0 aliphatic heterocycles. The van der Waals surface area contributed by atoms with Crippen molar-refractivity contribution >= 4 is 5.69 Å². The van der Waals surface area contributed by atoms with Crippen molar-refractivity contribution in [3.8, 4) is 5.75 Å². The summed E-state index contributed by atoms with van der Waals surface area (Å²) < 4.78 is 8.43. The van der Waals surface area contributed by atoms with Gasteiger partial charge in [-0.15, -0.1) is 0 Å². The van der Waals surface area contributed by atoms with E-state index in [1.54, 1.807) is 34.8 Å². The Kier molecular flexibility index (Phi) is 3.66. The molecule has 18 heavy (non-hydrogen) atoms. The summed E-state index contributed by atoms with van der Waals surface area (Å²) >= 11 is 0. The second kappa shape index (κ2) is 5.39. The quantitative estimate of drug-likeness (QED) is 0.846. The third-order valence-corrected chi connectivity index (χ3v) is 2.64. The minimum Gasteiger partial charge on any atom is -0.493 e. The Balaban J connectivity index is 1.92. The third-order valence-electron chi connectivity index (χ3n) is 2.64. The fraction of sp³-hybridized carbons (Fsp3) is 0.333. The molecule has 0 fully saturated rings. The first-order valence-corrected chi connectivity index (χ1v) is 5.71. The van der Waals surface area contributed by atoms with Gasteiger partial charge in [0.25, 0.3) is 5.56 Å². The van der Waals surface area contributed by atoms with Gasteiger partial charge < -0.3 is 15.0 Å². The van der Waals surface area contributed by atoms with Gasteiger partial charge in [0.2, 0.25) is 0 Å². The summed E-state index contributed by atoms with van der Waals surface area (Å²) in [6, 6.07) is 3.09. The van der Waals surface area contributed by atoms with Crippen LogP contribution in [-0.2, 0) is 13.1 Å². The maximum atomic E-state index is 11.5.